The average Bonchev–Trinajstić information content (AvgIpc) is 3.83. The first-order valence-corrected chi connectivity index (χ1v) is 21.1. The molecule has 326 valence electrons. The van der Waals surface area contributed by atoms with Crippen molar-refractivity contribution in [2.75, 3.05) is 6.61 Å². The summed E-state index contributed by atoms with van der Waals surface area (Å²) in [5.41, 5.74) is 8.97. The first kappa shape index (κ1) is 42.2. The first-order valence-electron chi connectivity index (χ1n) is 21.1. The van der Waals surface area contributed by atoms with Crippen molar-refractivity contribution in [2.45, 2.75) is 77.6 Å². The standard InChI is InChI=1S/C24H24F4N2O.C24H22F4N2O/c2*1-23-11-14-12-29-30(17-5-3-16(25)4-6-17)22(14)10-15(23)2-7-18-19(13-31)21(24(26,27)28)9-8-20(18)23/h3-6,8,10,12,18-19,21,31H,2,7,9,11,13H2,1H3;3-6,8,10,12-13,18-19,21H,2,7,9,11H2,1H3/t2*18-,19-,21-,23+/m11/s1. The summed E-state index contributed by atoms with van der Waals surface area (Å²) < 4.78 is 111. The third-order valence-electron chi connectivity index (χ3n) is 14.9. The van der Waals surface area contributed by atoms with Gasteiger partial charge in [-0.05, 0) is 135 Å². The molecule has 0 unspecified atom stereocenters. The van der Waals surface area contributed by atoms with Crippen molar-refractivity contribution in [2.24, 2.45) is 46.3 Å². The Labute approximate surface area is 353 Å². The van der Waals surface area contributed by atoms with Crippen molar-refractivity contribution >= 4 is 18.4 Å². The minimum absolute atomic E-state index is 0.0782. The fraction of sp³-hybridized carbons (Fsp3) is 0.438. The zero-order chi connectivity index (χ0) is 43.9. The van der Waals surface area contributed by atoms with Gasteiger partial charge < -0.3 is 9.90 Å². The zero-order valence-electron chi connectivity index (χ0n) is 34.2. The average molecular weight is 863 g/mol. The van der Waals surface area contributed by atoms with E-state index in [-0.39, 0.29) is 41.7 Å². The summed E-state index contributed by atoms with van der Waals surface area (Å²) in [6.07, 6.45) is 6.66. The molecule has 2 aromatic heterocycles. The van der Waals surface area contributed by atoms with E-state index in [0.29, 0.717) is 44.8 Å². The molecule has 0 amide bonds. The number of carbonyl (C=O) groups is 1. The Bertz CT molecular complexity index is 2510. The Morgan fingerprint density at radius 1 is 0.694 bits per heavy atom. The predicted molar refractivity (Wildman–Crippen MR) is 217 cm³/mol. The van der Waals surface area contributed by atoms with E-state index in [2.05, 4.69) is 36.2 Å². The summed E-state index contributed by atoms with van der Waals surface area (Å²) in [4.78, 5) is 11.7. The molecule has 62 heavy (non-hydrogen) atoms. The number of benzene rings is 2. The fourth-order valence-corrected chi connectivity index (χ4v) is 11.8. The summed E-state index contributed by atoms with van der Waals surface area (Å²) in [6, 6.07) is 12.3. The fourth-order valence-electron chi connectivity index (χ4n) is 11.8. The van der Waals surface area contributed by atoms with Crippen LogP contribution < -0.4 is 0 Å². The third kappa shape index (κ3) is 7.00. The lowest BCUT2D eigenvalue weighted by Gasteiger charge is -2.51. The Kier molecular flexibility index (Phi) is 10.4. The summed E-state index contributed by atoms with van der Waals surface area (Å²) in [7, 11) is 0. The Balaban J connectivity index is 0.000000158. The normalized spacial score (nSPS) is 30.0. The van der Waals surface area contributed by atoms with Gasteiger partial charge in [-0.1, -0.05) is 48.3 Å². The van der Waals surface area contributed by atoms with Gasteiger partial charge in [0.05, 0.1) is 47.0 Å². The third-order valence-corrected chi connectivity index (χ3v) is 14.9. The molecular weight excluding hydrogens is 817 g/mol. The van der Waals surface area contributed by atoms with Crippen LogP contribution in [-0.4, -0.2) is 49.9 Å². The molecule has 0 aliphatic heterocycles. The van der Waals surface area contributed by atoms with Gasteiger partial charge in [-0.3, -0.25) is 0 Å². The van der Waals surface area contributed by atoms with Gasteiger partial charge in [-0.25, -0.2) is 18.1 Å². The van der Waals surface area contributed by atoms with Crippen LogP contribution in [0.2, 0.25) is 0 Å². The number of nitrogens with zero attached hydrogens (tertiary/aromatic N) is 4. The highest BCUT2D eigenvalue weighted by atomic mass is 19.4. The van der Waals surface area contributed by atoms with Gasteiger partial charge in [0.2, 0.25) is 0 Å². The van der Waals surface area contributed by atoms with Crippen molar-refractivity contribution in [1.82, 2.24) is 19.6 Å². The van der Waals surface area contributed by atoms with Gasteiger partial charge in [0.15, 0.2) is 0 Å². The first-order chi connectivity index (χ1) is 29.4. The van der Waals surface area contributed by atoms with E-state index in [4.69, 9.17) is 0 Å². The van der Waals surface area contributed by atoms with Gasteiger partial charge in [-0.2, -0.15) is 36.5 Å². The molecule has 2 heterocycles. The molecule has 1 N–H and O–H groups in total. The highest BCUT2D eigenvalue weighted by Gasteiger charge is 2.56. The quantitative estimate of drug-likeness (QED) is 0.126. The largest absolute Gasteiger partial charge is 0.396 e. The van der Waals surface area contributed by atoms with Gasteiger partial charge in [0, 0.05) is 29.3 Å². The number of rotatable bonds is 4. The molecule has 0 saturated heterocycles. The predicted octanol–water partition coefficient (Wildman–Crippen LogP) is 11.2. The van der Waals surface area contributed by atoms with Crippen molar-refractivity contribution in [3.8, 4) is 11.4 Å². The number of hydrogen-bond acceptors (Lipinski definition) is 4. The number of aliphatic hydroxyl groups is 1. The summed E-state index contributed by atoms with van der Waals surface area (Å²) in [5.74, 6) is -6.18. The van der Waals surface area contributed by atoms with Crippen molar-refractivity contribution in [1.29, 1.82) is 0 Å². The minimum Gasteiger partial charge on any atom is -0.396 e. The highest BCUT2D eigenvalue weighted by molar-refractivity contribution is 5.66. The second kappa shape index (κ2) is 15.3. The monoisotopic (exact) mass is 862 g/mol. The maximum Gasteiger partial charge on any atom is 0.392 e. The molecule has 0 spiro atoms. The topological polar surface area (TPSA) is 72.9 Å². The Morgan fingerprint density at radius 2 is 1.13 bits per heavy atom. The number of halogens is 8. The van der Waals surface area contributed by atoms with E-state index < -0.39 is 48.0 Å². The van der Waals surface area contributed by atoms with Crippen LogP contribution in [0.25, 0.3) is 23.5 Å². The van der Waals surface area contributed by atoms with E-state index in [9.17, 15) is 45.0 Å². The number of aromatic nitrogens is 4. The van der Waals surface area contributed by atoms with Gasteiger partial charge in [-0.15, -0.1) is 0 Å². The molecule has 6 aliphatic carbocycles. The second-order valence-corrected chi connectivity index (χ2v) is 18.2. The number of aldehydes is 1. The highest BCUT2D eigenvalue weighted by Crippen LogP contribution is 2.60. The number of hydrogen-bond donors (Lipinski definition) is 1. The van der Waals surface area contributed by atoms with Gasteiger partial charge in [0.25, 0.3) is 0 Å². The molecule has 2 fully saturated rings. The molecule has 2 aromatic carbocycles. The van der Waals surface area contributed by atoms with Gasteiger partial charge in [0.1, 0.15) is 17.9 Å². The number of fused-ring (bicyclic) bond motifs is 8. The van der Waals surface area contributed by atoms with Crippen LogP contribution in [0, 0.1) is 58.0 Å². The van der Waals surface area contributed by atoms with Crippen molar-refractivity contribution in [3.63, 3.8) is 0 Å². The summed E-state index contributed by atoms with van der Waals surface area (Å²) >= 11 is 0. The molecular formula is C48H46F8N4O2. The van der Waals surface area contributed by atoms with Crippen LogP contribution in [0.5, 0.6) is 0 Å². The molecule has 6 nitrogen and oxygen atoms in total. The molecule has 0 radical (unpaired) electrons. The van der Waals surface area contributed by atoms with Crippen LogP contribution in [0.4, 0.5) is 35.1 Å². The molecule has 0 bridgehead atoms. The van der Waals surface area contributed by atoms with Crippen LogP contribution in [0.1, 0.15) is 74.9 Å². The van der Waals surface area contributed by atoms with Crippen LogP contribution in [0.3, 0.4) is 0 Å². The number of carbonyl (C=O) groups excluding carboxylic acids is 1. The summed E-state index contributed by atoms with van der Waals surface area (Å²) in [5, 5.41) is 18.9. The van der Waals surface area contributed by atoms with Crippen LogP contribution in [-0.2, 0) is 17.6 Å². The molecule has 4 aromatic rings. The van der Waals surface area contributed by atoms with Crippen LogP contribution >= 0.6 is 0 Å². The lowest BCUT2D eigenvalue weighted by atomic mass is 9.54. The van der Waals surface area contributed by atoms with Gasteiger partial charge >= 0.3 is 12.4 Å². The maximum absolute atomic E-state index is 13.6. The smallest absolute Gasteiger partial charge is 0.392 e. The Hall–Kier alpha value is -5.11. The minimum atomic E-state index is -4.37. The van der Waals surface area contributed by atoms with E-state index in [1.54, 1.807) is 58.2 Å². The Morgan fingerprint density at radius 3 is 1.56 bits per heavy atom. The molecule has 6 aliphatic rings. The van der Waals surface area contributed by atoms with Crippen molar-refractivity contribution in [3.05, 3.63) is 130 Å². The van der Waals surface area contributed by atoms with Crippen LogP contribution in [0.15, 0.2) is 95.4 Å². The molecule has 10 rings (SSSR count). The van der Waals surface area contributed by atoms with E-state index in [1.807, 2.05) is 0 Å². The maximum atomic E-state index is 13.6. The lowest BCUT2D eigenvalue weighted by Crippen LogP contribution is -2.46. The van der Waals surface area contributed by atoms with E-state index in [0.717, 1.165) is 50.6 Å². The number of allylic oxidation sites excluding steroid dienone is 6. The lowest BCUT2D eigenvalue weighted by molar-refractivity contribution is -0.199. The van der Waals surface area contributed by atoms with E-state index >= 15 is 0 Å². The summed E-state index contributed by atoms with van der Waals surface area (Å²) in [6.45, 7) is 3.73. The second-order valence-electron chi connectivity index (χ2n) is 18.2. The molecule has 8 atom stereocenters. The van der Waals surface area contributed by atoms with E-state index in [1.165, 1.54) is 29.8 Å². The number of alkyl halides is 6. The SMILES string of the molecule is C[C@]12Cc3cnn(-c4ccc(F)cc4)c3C=C1CC[C@H]1C2=CC[C@@H](C(F)(F)F)[C@@H]1C=O.C[C@]12Cc3cnn(-c4ccc(F)cc4)c3C=C1CC[C@H]1C2=CC[C@@H](C(F)(F)F)[C@@H]1CO. The zero-order valence-corrected chi connectivity index (χ0v) is 34.2. The molecule has 2 saturated carbocycles. The van der Waals surface area contributed by atoms with Crippen molar-refractivity contribution < 1.29 is 45.0 Å². The molecule has 14 heteroatoms. The number of aliphatic hydroxyl groups excluding tert-OH is 1.